The summed E-state index contributed by atoms with van der Waals surface area (Å²) in [5.41, 5.74) is 1.81. The molecule has 1 aromatic carbocycles. The molecule has 108 valence electrons. The van der Waals surface area contributed by atoms with E-state index in [1.807, 2.05) is 6.92 Å². The van der Waals surface area contributed by atoms with E-state index in [0.29, 0.717) is 23.5 Å². The molecule has 0 bridgehead atoms. The molecular formula is C13H18N4O3. The van der Waals surface area contributed by atoms with Gasteiger partial charge in [-0.3, -0.25) is 14.9 Å². The van der Waals surface area contributed by atoms with E-state index < -0.39 is 4.92 Å². The molecule has 7 nitrogen and oxygen atoms in total. The molecule has 0 radical (unpaired) electrons. The summed E-state index contributed by atoms with van der Waals surface area (Å²) in [6.45, 7) is 4.44. The average Bonchev–Trinajstić information content (AvgIpc) is 2.76. The van der Waals surface area contributed by atoms with Gasteiger partial charge in [-0.1, -0.05) is 6.92 Å². The predicted molar refractivity (Wildman–Crippen MR) is 77.1 cm³/mol. The van der Waals surface area contributed by atoms with Crippen molar-refractivity contribution in [2.75, 3.05) is 30.3 Å². The fraction of sp³-hybridized carbons (Fsp3) is 0.462. The SMILES string of the molecule is CCNCCCNc1cc2c(cc1[N+](=O)[O-])CC(=O)N2. The van der Waals surface area contributed by atoms with Crippen LogP contribution in [0.3, 0.4) is 0 Å². The highest BCUT2D eigenvalue weighted by atomic mass is 16.6. The first-order chi connectivity index (χ1) is 9.61. The van der Waals surface area contributed by atoms with Gasteiger partial charge in [-0.05, 0) is 31.1 Å². The Morgan fingerprint density at radius 1 is 1.40 bits per heavy atom. The first-order valence-corrected chi connectivity index (χ1v) is 6.67. The molecule has 0 unspecified atom stereocenters. The Labute approximate surface area is 116 Å². The summed E-state index contributed by atoms with van der Waals surface area (Å²) < 4.78 is 0. The number of hydrogen-bond acceptors (Lipinski definition) is 5. The van der Waals surface area contributed by atoms with Crippen molar-refractivity contribution in [1.29, 1.82) is 0 Å². The number of rotatable bonds is 7. The molecule has 2 rings (SSSR count). The lowest BCUT2D eigenvalue weighted by molar-refractivity contribution is -0.384. The highest BCUT2D eigenvalue weighted by Gasteiger charge is 2.24. The van der Waals surface area contributed by atoms with E-state index in [1.165, 1.54) is 6.07 Å². The largest absolute Gasteiger partial charge is 0.379 e. The summed E-state index contributed by atoms with van der Waals surface area (Å²) in [6, 6.07) is 3.12. The smallest absolute Gasteiger partial charge is 0.292 e. The molecule has 3 N–H and O–H groups in total. The zero-order chi connectivity index (χ0) is 14.5. The Hall–Kier alpha value is -2.15. The standard InChI is InChI=1S/C13H18N4O3/c1-2-14-4-3-5-15-11-8-10-9(7-13(18)16-10)6-12(11)17(19)20/h6,8,14-15H,2-5,7H2,1H3,(H,16,18). The molecule has 0 aliphatic carbocycles. The molecule has 0 atom stereocenters. The molecule has 1 aliphatic rings. The zero-order valence-corrected chi connectivity index (χ0v) is 11.4. The third-order valence-electron chi connectivity index (χ3n) is 3.14. The average molecular weight is 278 g/mol. The number of nitro groups is 1. The minimum absolute atomic E-state index is 0.0173. The molecule has 1 amide bonds. The van der Waals surface area contributed by atoms with E-state index in [-0.39, 0.29) is 18.0 Å². The summed E-state index contributed by atoms with van der Waals surface area (Å²) in [5.74, 6) is -0.126. The molecule has 1 heterocycles. The van der Waals surface area contributed by atoms with Gasteiger partial charge in [-0.15, -0.1) is 0 Å². The number of carbonyl (C=O) groups is 1. The van der Waals surface area contributed by atoms with Crippen LogP contribution in [-0.4, -0.2) is 30.5 Å². The van der Waals surface area contributed by atoms with Gasteiger partial charge >= 0.3 is 0 Å². The van der Waals surface area contributed by atoms with Crippen LogP contribution in [0.1, 0.15) is 18.9 Å². The topological polar surface area (TPSA) is 96.3 Å². The third kappa shape index (κ3) is 3.24. The van der Waals surface area contributed by atoms with Crippen LogP contribution in [0.25, 0.3) is 0 Å². The van der Waals surface area contributed by atoms with Crippen molar-refractivity contribution in [2.24, 2.45) is 0 Å². The van der Waals surface area contributed by atoms with Crippen molar-refractivity contribution in [2.45, 2.75) is 19.8 Å². The number of nitro benzene ring substituents is 1. The lowest BCUT2D eigenvalue weighted by Crippen LogP contribution is -2.17. The van der Waals surface area contributed by atoms with Gasteiger partial charge in [0.15, 0.2) is 0 Å². The normalized spacial score (nSPS) is 12.9. The molecule has 7 heteroatoms. The molecule has 0 fully saturated rings. The second-order valence-corrected chi connectivity index (χ2v) is 4.64. The number of carbonyl (C=O) groups excluding carboxylic acids is 1. The molecular weight excluding hydrogens is 260 g/mol. The second-order valence-electron chi connectivity index (χ2n) is 4.64. The summed E-state index contributed by atoms with van der Waals surface area (Å²) >= 11 is 0. The van der Waals surface area contributed by atoms with Crippen LogP contribution in [0, 0.1) is 10.1 Å². The third-order valence-corrected chi connectivity index (χ3v) is 3.14. The summed E-state index contributed by atoms with van der Waals surface area (Å²) in [5, 5.41) is 20.0. The van der Waals surface area contributed by atoms with Crippen LogP contribution in [0.15, 0.2) is 12.1 Å². The van der Waals surface area contributed by atoms with Gasteiger partial charge in [0.25, 0.3) is 5.69 Å². The summed E-state index contributed by atoms with van der Waals surface area (Å²) in [6.07, 6.45) is 1.07. The van der Waals surface area contributed by atoms with Gasteiger partial charge in [0.2, 0.25) is 5.91 Å². The number of amides is 1. The number of anilines is 2. The molecule has 0 saturated heterocycles. The Kier molecular flexibility index (Phi) is 4.52. The Morgan fingerprint density at radius 2 is 2.20 bits per heavy atom. The first-order valence-electron chi connectivity index (χ1n) is 6.67. The molecule has 1 aromatic rings. The number of fused-ring (bicyclic) bond motifs is 1. The van der Waals surface area contributed by atoms with Crippen LogP contribution in [0.2, 0.25) is 0 Å². The lowest BCUT2D eigenvalue weighted by atomic mass is 10.1. The predicted octanol–water partition coefficient (Wildman–Crippen LogP) is 1.50. The molecule has 0 spiro atoms. The van der Waals surface area contributed by atoms with E-state index in [2.05, 4.69) is 16.0 Å². The molecule has 1 aliphatic heterocycles. The van der Waals surface area contributed by atoms with Crippen LogP contribution in [0.5, 0.6) is 0 Å². The maximum atomic E-state index is 11.3. The van der Waals surface area contributed by atoms with E-state index >= 15 is 0 Å². The van der Waals surface area contributed by atoms with Crippen molar-refractivity contribution >= 4 is 23.0 Å². The maximum Gasteiger partial charge on any atom is 0.292 e. The van der Waals surface area contributed by atoms with Gasteiger partial charge in [-0.25, -0.2) is 0 Å². The minimum atomic E-state index is -0.421. The van der Waals surface area contributed by atoms with Gasteiger partial charge in [0, 0.05) is 18.3 Å². The summed E-state index contributed by atoms with van der Waals surface area (Å²) in [7, 11) is 0. The Balaban J connectivity index is 2.09. The number of nitrogens with one attached hydrogen (secondary N) is 3. The van der Waals surface area contributed by atoms with E-state index in [4.69, 9.17) is 0 Å². The molecule has 0 aromatic heterocycles. The van der Waals surface area contributed by atoms with Crippen molar-refractivity contribution in [3.05, 3.63) is 27.8 Å². The fourth-order valence-electron chi connectivity index (χ4n) is 2.17. The van der Waals surface area contributed by atoms with Gasteiger partial charge < -0.3 is 16.0 Å². The van der Waals surface area contributed by atoms with Crippen LogP contribution in [0.4, 0.5) is 17.1 Å². The van der Waals surface area contributed by atoms with Gasteiger partial charge in [0.1, 0.15) is 5.69 Å². The first kappa shape index (κ1) is 14.3. The van der Waals surface area contributed by atoms with Crippen molar-refractivity contribution < 1.29 is 9.72 Å². The number of benzene rings is 1. The zero-order valence-electron chi connectivity index (χ0n) is 11.4. The van der Waals surface area contributed by atoms with E-state index in [0.717, 1.165) is 19.5 Å². The quantitative estimate of drug-likeness (QED) is 0.399. The monoisotopic (exact) mass is 278 g/mol. The summed E-state index contributed by atoms with van der Waals surface area (Å²) in [4.78, 5) is 22.0. The number of nitrogens with zero attached hydrogens (tertiary/aromatic N) is 1. The van der Waals surface area contributed by atoms with Gasteiger partial charge in [0.05, 0.1) is 11.3 Å². The van der Waals surface area contributed by atoms with E-state index in [1.54, 1.807) is 6.07 Å². The second kappa shape index (κ2) is 6.33. The fourth-order valence-corrected chi connectivity index (χ4v) is 2.17. The highest BCUT2D eigenvalue weighted by molar-refractivity contribution is 6.00. The minimum Gasteiger partial charge on any atom is -0.379 e. The molecule has 20 heavy (non-hydrogen) atoms. The van der Waals surface area contributed by atoms with E-state index in [9.17, 15) is 14.9 Å². The van der Waals surface area contributed by atoms with Crippen LogP contribution < -0.4 is 16.0 Å². The Bertz CT molecular complexity index is 531. The maximum absolute atomic E-state index is 11.3. The highest BCUT2D eigenvalue weighted by Crippen LogP contribution is 2.34. The van der Waals surface area contributed by atoms with Crippen molar-refractivity contribution in [3.63, 3.8) is 0 Å². The van der Waals surface area contributed by atoms with Crippen LogP contribution in [-0.2, 0) is 11.2 Å². The van der Waals surface area contributed by atoms with Crippen molar-refractivity contribution in [3.8, 4) is 0 Å². The Morgan fingerprint density at radius 3 is 2.90 bits per heavy atom. The van der Waals surface area contributed by atoms with Gasteiger partial charge in [-0.2, -0.15) is 0 Å². The number of hydrogen-bond donors (Lipinski definition) is 3. The molecule has 0 saturated carbocycles. The van der Waals surface area contributed by atoms with Crippen molar-refractivity contribution in [1.82, 2.24) is 5.32 Å². The lowest BCUT2D eigenvalue weighted by Gasteiger charge is -2.09. The van der Waals surface area contributed by atoms with Crippen LogP contribution >= 0.6 is 0 Å².